The maximum Gasteiger partial charge on any atom is 0.310 e. The van der Waals surface area contributed by atoms with E-state index in [1.807, 2.05) is 0 Å². The second kappa shape index (κ2) is 5.57. The first-order chi connectivity index (χ1) is 8.55. The van der Waals surface area contributed by atoms with E-state index in [4.69, 9.17) is 4.74 Å². The minimum Gasteiger partial charge on any atom is -0.481 e. The molecule has 0 aromatic heterocycles. The van der Waals surface area contributed by atoms with Crippen molar-refractivity contribution < 1.29 is 14.6 Å². The summed E-state index contributed by atoms with van der Waals surface area (Å²) in [6.07, 6.45) is 6.19. The lowest BCUT2D eigenvalue weighted by molar-refractivity contribution is -0.152. The van der Waals surface area contributed by atoms with Gasteiger partial charge in [-0.1, -0.05) is 19.3 Å². The third kappa shape index (κ3) is 2.69. The van der Waals surface area contributed by atoms with Crippen molar-refractivity contribution in [3.05, 3.63) is 0 Å². The molecule has 1 saturated heterocycles. The van der Waals surface area contributed by atoms with Gasteiger partial charge in [0.25, 0.3) is 0 Å². The van der Waals surface area contributed by atoms with Crippen LogP contribution in [0.3, 0.4) is 0 Å². The van der Waals surface area contributed by atoms with Gasteiger partial charge >= 0.3 is 5.97 Å². The molecule has 0 amide bonds. The zero-order valence-electron chi connectivity index (χ0n) is 11.5. The first-order valence-electron chi connectivity index (χ1n) is 7.10. The molecule has 2 atom stereocenters. The van der Waals surface area contributed by atoms with Crippen molar-refractivity contribution in [2.45, 2.75) is 57.6 Å². The van der Waals surface area contributed by atoms with Crippen LogP contribution in [0.2, 0.25) is 0 Å². The Morgan fingerprint density at radius 1 is 1.39 bits per heavy atom. The minimum absolute atomic E-state index is 0.226. The summed E-state index contributed by atoms with van der Waals surface area (Å²) in [5.74, 6) is -0.611. The lowest BCUT2D eigenvalue weighted by Crippen LogP contribution is -2.48. The number of likely N-dealkylation sites (N-methyl/N-ethyl adjacent to an activating group) is 1. The van der Waals surface area contributed by atoms with E-state index < -0.39 is 11.4 Å². The smallest absolute Gasteiger partial charge is 0.310 e. The Morgan fingerprint density at radius 2 is 2.06 bits per heavy atom. The molecule has 1 aliphatic carbocycles. The van der Waals surface area contributed by atoms with Gasteiger partial charge in [-0.2, -0.15) is 0 Å². The monoisotopic (exact) mass is 255 g/mol. The predicted molar refractivity (Wildman–Crippen MR) is 69.6 cm³/mol. The average molecular weight is 255 g/mol. The molecule has 2 fully saturated rings. The lowest BCUT2D eigenvalue weighted by Gasteiger charge is -2.39. The summed E-state index contributed by atoms with van der Waals surface area (Å²) in [5, 5.41) is 9.59. The summed E-state index contributed by atoms with van der Waals surface area (Å²) >= 11 is 0. The van der Waals surface area contributed by atoms with Crippen LogP contribution >= 0.6 is 0 Å². The standard InChI is InChI=1S/C14H25NO3/c1-11-12(6-9-18-11)15(2)10-14(13(16)17)7-4-3-5-8-14/h11-12H,3-10H2,1-2H3,(H,16,17). The number of hydrogen-bond acceptors (Lipinski definition) is 3. The molecule has 0 bridgehead atoms. The Morgan fingerprint density at radius 3 is 2.56 bits per heavy atom. The number of hydrogen-bond donors (Lipinski definition) is 1. The van der Waals surface area contributed by atoms with Gasteiger partial charge in [-0.25, -0.2) is 0 Å². The highest BCUT2D eigenvalue weighted by molar-refractivity contribution is 5.75. The van der Waals surface area contributed by atoms with Crippen molar-refractivity contribution in [1.82, 2.24) is 4.90 Å². The molecule has 2 unspecified atom stereocenters. The van der Waals surface area contributed by atoms with E-state index >= 15 is 0 Å². The first kappa shape index (κ1) is 13.8. The fourth-order valence-electron chi connectivity index (χ4n) is 3.56. The van der Waals surface area contributed by atoms with E-state index in [9.17, 15) is 9.90 Å². The number of aliphatic carboxylic acids is 1. The van der Waals surface area contributed by atoms with Crippen LogP contribution in [0.25, 0.3) is 0 Å². The number of nitrogens with zero attached hydrogens (tertiary/aromatic N) is 1. The fourth-order valence-corrected chi connectivity index (χ4v) is 3.56. The van der Waals surface area contributed by atoms with Crippen LogP contribution < -0.4 is 0 Å². The zero-order valence-corrected chi connectivity index (χ0v) is 11.5. The molecular formula is C14H25NO3. The SMILES string of the molecule is CC1OCCC1N(C)CC1(C(=O)O)CCCCC1. The largest absolute Gasteiger partial charge is 0.481 e. The number of ether oxygens (including phenoxy) is 1. The Balaban J connectivity index is 2.02. The molecule has 1 aliphatic heterocycles. The Bertz CT molecular complexity index is 299. The van der Waals surface area contributed by atoms with E-state index in [0.717, 1.165) is 38.7 Å². The van der Waals surface area contributed by atoms with Gasteiger partial charge in [0.15, 0.2) is 0 Å². The Labute approximate surface area is 109 Å². The molecule has 0 radical (unpaired) electrons. The maximum atomic E-state index is 11.7. The second-order valence-electron chi connectivity index (χ2n) is 5.99. The quantitative estimate of drug-likeness (QED) is 0.836. The van der Waals surface area contributed by atoms with Gasteiger partial charge < -0.3 is 9.84 Å². The van der Waals surface area contributed by atoms with Crippen LogP contribution in [0, 0.1) is 5.41 Å². The first-order valence-corrected chi connectivity index (χ1v) is 7.10. The van der Waals surface area contributed by atoms with E-state index in [-0.39, 0.29) is 6.10 Å². The highest BCUT2D eigenvalue weighted by atomic mass is 16.5. The van der Waals surface area contributed by atoms with Gasteiger partial charge in [0.2, 0.25) is 0 Å². The third-order valence-corrected chi connectivity index (χ3v) is 4.72. The topological polar surface area (TPSA) is 49.8 Å². The molecule has 1 saturated carbocycles. The van der Waals surface area contributed by atoms with Crippen molar-refractivity contribution in [1.29, 1.82) is 0 Å². The van der Waals surface area contributed by atoms with Crippen LogP contribution in [-0.4, -0.2) is 48.3 Å². The molecule has 1 heterocycles. The van der Waals surface area contributed by atoms with E-state index in [1.54, 1.807) is 0 Å². The minimum atomic E-state index is -0.611. The summed E-state index contributed by atoms with van der Waals surface area (Å²) in [4.78, 5) is 13.9. The van der Waals surface area contributed by atoms with Gasteiger partial charge in [-0.15, -0.1) is 0 Å². The van der Waals surface area contributed by atoms with Crippen molar-refractivity contribution in [2.75, 3.05) is 20.2 Å². The molecular weight excluding hydrogens is 230 g/mol. The molecule has 0 aromatic carbocycles. The molecule has 4 heteroatoms. The highest BCUT2D eigenvalue weighted by Crippen LogP contribution is 2.38. The number of carbonyl (C=O) groups is 1. The van der Waals surface area contributed by atoms with Gasteiger partial charge in [0.05, 0.1) is 11.5 Å². The highest BCUT2D eigenvalue weighted by Gasteiger charge is 2.42. The van der Waals surface area contributed by atoms with Gasteiger partial charge in [0, 0.05) is 19.2 Å². The number of carboxylic acids is 1. The van der Waals surface area contributed by atoms with Gasteiger partial charge in [-0.3, -0.25) is 9.69 Å². The van der Waals surface area contributed by atoms with Gasteiger partial charge in [-0.05, 0) is 33.2 Å². The summed E-state index contributed by atoms with van der Waals surface area (Å²) in [5.41, 5.74) is -0.519. The number of rotatable bonds is 4. The van der Waals surface area contributed by atoms with Crippen LogP contribution in [0.1, 0.15) is 45.4 Å². The van der Waals surface area contributed by atoms with Crippen molar-refractivity contribution in [2.24, 2.45) is 5.41 Å². The Kier molecular flexibility index (Phi) is 4.28. The molecule has 1 N–H and O–H groups in total. The van der Waals surface area contributed by atoms with Crippen molar-refractivity contribution in [3.8, 4) is 0 Å². The predicted octanol–water partition coefficient (Wildman–Crippen LogP) is 2.13. The molecule has 0 aromatic rings. The number of carboxylic acid groups (broad SMARTS) is 1. The van der Waals surface area contributed by atoms with Crippen LogP contribution in [-0.2, 0) is 9.53 Å². The maximum absolute atomic E-state index is 11.7. The van der Waals surface area contributed by atoms with E-state index in [0.29, 0.717) is 12.6 Å². The lowest BCUT2D eigenvalue weighted by atomic mass is 9.73. The van der Waals surface area contributed by atoms with Gasteiger partial charge in [0.1, 0.15) is 0 Å². The summed E-state index contributed by atoms with van der Waals surface area (Å²) in [6.45, 7) is 3.55. The summed E-state index contributed by atoms with van der Waals surface area (Å²) in [6, 6.07) is 0.378. The normalized spacial score (nSPS) is 31.7. The van der Waals surface area contributed by atoms with Crippen LogP contribution in [0.5, 0.6) is 0 Å². The third-order valence-electron chi connectivity index (χ3n) is 4.72. The van der Waals surface area contributed by atoms with E-state index in [1.165, 1.54) is 6.42 Å². The van der Waals surface area contributed by atoms with Crippen LogP contribution in [0.4, 0.5) is 0 Å². The second-order valence-corrected chi connectivity index (χ2v) is 5.99. The van der Waals surface area contributed by atoms with Crippen molar-refractivity contribution >= 4 is 5.97 Å². The summed E-state index contributed by atoms with van der Waals surface area (Å²) in [7, 11) is 2.05. The molecule has 4 nitrogen and oxygen atoms in total. The fraction of sp³-hybridized carbons (Fsp3) is 0.929. The Hall–Kier alpha value is -0.610. The molecule has 18 heavy (non-hydrogen) atoms. The molecule has 2 aliphatic rings. The van der Waals surface area contributed by atoms with Crippen LogP contribution in [0.15, 0.2) is 0 Å². The average Bonchev–Trinajstić information content (AvgIpc) is 2.76. The molecule has 0 spiro atoms. The molecule has 104 valence electrons. The van der Waals surface area contributed by atoms with E-state index in [2.05, 4.69) is 18.9 Å². The summed E-state index contributed by atoms with van der Waals surface area (Å²) < 4.78 is 5.58. The van der Waals surface area contributed by atoms with Crippen molar-refractivity contribution in [3.63, 3.8) is 0 Å². The molecule has 2 rings (SSSR count). The zero-order chi connectivity index (χ0) is 13.2.